The number of anilines is 1. The van der Waals surface area contributed by atoms with Gasteiger partial charge in [0.25, 0.3) is 5.69 Å². The van der Waals surface area contributed by atoms with Gasteiger partial charge in [0, 0.05) is 39.0 Å². The lowest BCUT2D eigenvalue weighted by atomic mass is 10.2. The van der Waals surface area contributed by atoms with Crippen molar-refractivity contribution in [3.05, 3.63) is 28.3 Å². The molecule has 0 amide bonds. The van der Waals surface area contributed by atoms with Gasteiger partial charge in [0.15, 0.2) is 15.8 Å². The normalized spacial score (nSPS) is 12.1. The van der Waals surface area contributed by atoms with E-state index in [9.17, 15) is 31.7 Å². The topological polar surface area (TPSA) is 126 Å². The molecule has 1 aromatic rings. The van der Waals surface area contributed by atoms with Crippen LogP contribution in [0.1, 0.15) is 6.42 Å². The first-order valence-electron chi connectivity index (χ1n) is 7.67. The summed E-state index contributed by atoms with van der Waals surface area (Å²) in [4.78, 5) is 14.0. The summed E-state index contributed by atoms with van der Waals surface area (Å²) in [5.74, 6) is 0.156. The average Bonchev–Trinajstić information content (AvgIpc) is 2.54. The summed E-state index contributed by atoms with van der Waals surface area (Å²) in [5, 5.41) is 19.1. The molecular formula is C14H21F3IN5O4S. The lowest BCUT2D eigenvalue weighted by molar-refractivity contribution is -0.384. The van der Waals surface area contributed by atoms with Gasteiger partial charge in [0.1, 0.15) is 5.69 Å². The molecule has 0 unspecified atom stereocenters. The zero-order valence-electron chi connectivity index (χ0n) is 15.0. The van der Waals surface area contributed by atoms with Crippen LogP contribution >= 0.6 is 24.0 Å². The van der Waals surface area contributed by atoms with Gasteiger partial charge in [-0.3, -0.25) is 15.1 Å². The second kappa shape index (κ2) is 11.2. The fourth-order valence-corrected chi connectivity index (χ4v) is 2.60. The van der Waals surface area contributed by atoms with Crippen molar-refractivity contribution >= 4 is 51.1 Å². The highest BCUT2D eigenvalue weighted by Crippen LogP contribution is 2.27. The Morgan fingerprint density at radius 2 is 1.82 bits per heavy atom. The van der Waals surface area contributed by atoms with Crippen LogP contribution in [-0.4, -0.2) is 58.4 Å². The predicted octanol–water partition coefficient (Wildman–Crippen LogP) is 2.15. The van der Waals surface area contributed by atoms with Crippen molar-refractivity contribution in [2.24, 2.45) is 4.99 Å². The van der Waals surface area contributed by atoms with E-state index in [0.717, 1.165) is 12.3 Å². The molecule has 0 aliphatic carbocycles. The maximum atomic E-state index is 12.1. The molecule has 14 heteroatoms. The zero-order chi connectivity index (χ0) is 20.7. The van der Waals surface area contributed by atoms with Gasteiger partial charge < -0.3 is 16.0 Å². The van der Waals surface area contributed by atoms with Crippen molar-refractivity contribution in [2.45, 2.75) is 17.5 Å². The number of rotatable bonds is 8. The van der Waals surface area contributed by atoms with Crippen LogP contribution in [-0.2, 0) is 9.84 Å². The van der Waals surface area contributed by atoms with Gasteiger partial charge in [-0.1, -0.05) is 0 Å². The van der Waals surface area contributed by atoms with Crippen molar-refractivity contribution in [1.29, 1.82) is 0 Å². The van der Waals surface area contributed by atoms with Crippen molar-refractivity contribution in [3.63, 3.8) is 0 Å². The van der Waals surface area contributed by atoms with E-state index in [0.29, 0.717) is 0 Å². The third kappa shape index (κ3) is 9.38. The molecule has 0 saturated carbocycles. The Labute approximate surface area is 177 Å². The number of sulfone groups is 1. The molecule has 0 fully saturated rings. The first kappa shape index (κ1) is 26.2. The summed E-state index contributed by atoms with van der Waals surface area (Å²) < 4.78 is 59.3. The minimum atomic E-state index is -4.27. The lowest BCUT2D eigenvalue weighted by Crippen LogP contribution is -2.40. The van der Waals surface area contributed by atoms with Crippen LogP contribution in [0.4, 0.5) is 24.5 Å². The van der Waals surface area contributed by atoms with E-state index >= 15 is 0 Å². The molecule has 0 spiro atoms. The number of alkyl halides is 3. The van der Waals surface area contributed by atoms with Crippen LogP contribution in [0.15, 0.2) is 28.1 Å². The molecule has 160 valence electrons. The van der Waals surface area contributed by atoms with Gasteiger partial charge in [-0.15, -0.1) is 24.0 Å². The Kier molecular flexibility index (Phi) is 10.5. The summed E-state index contributed by atoms with van der Waals surface area (Å²) in [6, 6.07) is 3.49. The highest BCUT2D eigenvalue weighted by molar-refractivity contribution is 14.0. The minimum Gasteiger partial charge on any atom is -0.378 e. The van der Waals surface area contributed by atoms with Gasteiger partial charge in [-0.25, -0.2) is 8.42 Å². The van der Waals surface area contributed by atoms with E-state index in [2.05, 4.69) is 20.9 Å². The van der Waals surface area contributed by atoms with Crippen LogP contribution in [0.5, 0.6) is 0 Å². The molecule has 3 N–H and O–H groups in total. The second-order valence-electron chi connectivity index (χ2n) is 5.43. The number of aliphatic imine (C=N–C) groups is 1. The smallest absolute Gasteiger partial charge is 0.378 e. The Morgan fingerprint density at radius 1 is 1.21 bits per heavy atom. The number of hydrogen-bond donors (Lipinski definition) is 3. The van der Waals surface area contributed by atoms with Gasteiger partial charge in [0.2, 0.25) is 0 Å². The maximum Gasteiger partial charge on any atom is 0.390 e. The molecule has 0 saturated heterocycles. The third-order valence-electron chi connectivity index (χ3n) is 3.25. The van der Waals surface area contributed by atoms with Gasteiger partial charge >= 0.3 is 6.18 Å². The summed E-state index contributed by atoms with van der Waals surface area (Å²) in [6.45, 7) is 0.0464. The van der Waals surface area contributed by atoms with Gasteiger partial charge in [0.05, 0.1) is 16.2 Å². The van der Waals surface area contributed by atoms with Crippen LogP contribution in [0.3, 0.4) is 0 Å². The van der Waals surface area contributed by atoms with Crippen LogP contribution < -0.4 is 16.0 Å². The quantitative estimate of drug-likeness (QED) is 0.116. The van der Waals surface area contributed by atoms with Crippen molar-refractivity contribution in [3.8, 4) is 0 Å². The first-order chi connectivity index (χ1) is 12.4. The average molecular weight is 539 g/mol. The molecular weight excluding hydrogens is 518 g/mol. The number of hydrogen-bond acceptors (Lipinski definition) is 6. The molecule has 0 aromatic heterocycles. The highest BCUT2D eigenvalue weighted by atomic mass is 127. The molecule has 1 rings (SSSR count). The minimum absolute atomic E-state index is 0. The number of halogens is 4. The van der Waals surface area contributed by atoms with E-state index in [4.69, 9.17) is 0 Å². The molecule has 9 nitrogen and oxygen atoms in total. The Bertz CT molecular complexity index is 803. The fourth-order valence-electron chi connectivity index (χ4n) is 1.96. The predicted molar refractivity (Wildman–Crippen MR) is 110 cm³/mol. The molecule has 0 heterocycles. The van der Waals surface area contributed by atoms with Crippen LogP contribution in [0, 0.1) is 10.1 Å². The molecule has 0 atom stereocenters. The lowest BCUT2D eigenvalue weighted by Gasteiger charge is -2.13. The summed E-state index contributed by atoms with van der Waals surface area (Å²) in [5.41, 5.74) is -0.278. The fraction of sp³-hybridized carbons (Fsp3) is 0.500. The highest BCUT2D eigenvalue weighted by Gasteiger charge is 2.26. The van der Waals surface area contributed by atoms with E-state index in [-0.39, 0.29) is 60.2 Å². The molecule has 0 aliphatic rings. The largest absolute Gasteiger partial charge is 0.390 e. The first-order valence-corrected chi connectivity index (χ1v) is 9.57. The number of benzene rings is 1. The van der Waals surface area contributed by atoms with Gasteiger partial charge in [-0.05, 0) is 12.1 Å². The standard InChI is InChI=1S/C14H20F3N5O4S.HI/c1-18-13(20-6-5-14(15,16)17)21-8-7-19-11-4-3-10(27(2,25)26)9-12(11)22(23)24;/h3-4,9,19H,5-8H2,1-2H3,(H2,18,20,21);1H. The van der Waals surface area contributed by atoms with E-state index in [1.54, 1.807) is 0 Å². The number of guanidine groups is 1. The van der Waals surface area contributed by atoms with Gasteiger partial charge in [-0.2, -0.15) is 13.2 Å². The van der Waals surface area contributed by atoms with E-state index < -0.39 is 33.0 Å². The summed E-state index contributed by atoms with van der Waals surface area (Å²) in [6.07, 6.45) is -4.34. The van der Waals surface area contributed by atoms with Crippen molar-refractivity contribution < 1.29 is 26.5 Å². The SMILES string of the molecule is CN=C(NCCNc1ccc(S(C)(=O)=O)cc1[N+](=O)[O-])NCCC(F)(F)F.I. The number of nitrogens with one attached hydrogen (secondary N) is 3. The maximum absolute atomic E-state index is 12.1. The van der Waals surface area contributed by atoms with Crippen LogP contribution in [0.2, 0.25) is 0 Å². The van der Waals surface area contributed by atoms with E-state index in [1.165, 1.54) is 19.2 Å². The van der Waals surface area contributed by atoms with E-state index in [1.807, 2.05) is 0 Å². The molecule has 0 bridgehead atoms. The Morgan fingerprint density at radius 3 is 2.32 bits per heavy atom. The zero-order valence-corrected chi connectivity index (χ0v) is 18.2. The third-order valence-corrected chi connectivity index (χ3v) is 4.36. The molecule has 0 aliphatic heterocycles. The Balaban J connectivity index is 0.00000729. The number of nitrogens with zero attached hydrogens (tertiary/aromatic N) is 2. The van der Waals surface area contributed by atoms with Crippen LogP contribution in [0.25, 0.3) is 0 Å². The summed E-state index contributed by atoms with van der Waals surface area (Å²) >= 11 is 0. The molecule has 1 aromatic carbocycles. The summed E-state index contributed by atoms with van der Waals surface area (Å²) in [7, 11) is -2.19. The van der Waals surface area contributed by atoms with Crippen molar-refractivity contribution in [1.82, 2.24) is 10.6 Å². The van der Waals surface area contributed by atoms with Crippen molar-refractivity contribution in [2.75, 3.05) is 38.3 Å². The number of nitro benzene ring substituents is 1. The monoisotopic (exact) mass is 539 g/mol. The molecule has 28 heavy (non-hydrogen) atoms. The number of nitro groups is 1. The second-order valence-corrected chi connectivity index (χ2v) is 7.44. The molecule has 0 radical (unpaired) electrons. The Hall–Kier alpha value is -1.84.